The van der Waals surface area contributed by atoms with Crippen LogP contribution in [-0.4, -0.2) is 53.8 Å². The SMILES string of the molecule is CCCCCN(CC(=O)Nc1cc(C(C)(C)C)nn1-c1ccc(OC)cc1)C(=O)c1cccc(OC)c1. The summed E-state index contributed by atoms with van der Waals surface area (Å²) < 4.78 is 12.3. The minimum absolute atomic E-state index is 0.0710. The first-order valence-electron chi connectivity index (χ1n) is 12.6. The van der Waals surface area contributed by atoms with Crippen molar-refractivity contribution >= 4 is 17.6 Å². The summed E-state index contributed by atoms with van der Waals surface area (Å²) in [6.45, 7) is 8.74. The van der Waals surface area contributed by atoms with E-state index < -0.39 is 0 Å². The fraction of sp³-hybridized carbons (Fsp3) is 0.414. The van der Waals surface area contributed by atoms with Crippen LogP contribution in [0.5, 0.6) is 11.5 Å². The zero-order valence-corrected chi connectivity index (χ0v) is 22.7. The normalized spacial score (nSPS) is 11.2. The molecule has 0 spiro atoms. The predicted molar refractivity (Wildman–Crippen MR) is 146 cm³/mol. The van der Waals surface area contributed by atoms with Gasteiger partial charge in [0.15, 0.2) is 0 Å². The van der Waals surface area contributed by atoms with Crippen molar-refractivity contribution in [3.05, 3.63) is 65.9 Å². The van der Waals surface area contributed by atoms with Crippen molar-refractivity contribution in [3.8, 4) is 17.2 Å². The van der Waals surface area contributed by atoms with E-state index in [1.807, 2.05) is 30.3 Å². The number of amides is 2. The summed E-state index contributed by atoms with van der Waals surface area (Å²) >= 11 is 0. The number of anilines is 1. The zero-order valence-electron chi connectivity index (χ0n) is 22.7. The van der Waals surface area contributed by atoms with E-state index in [9.17, 15) is 9.59 Å². The molecule has 0 aliphatic carbocycles. The molecule has 37 heavy (non-hydrogen) atoms. The van der Waals surface area contributed by atoms with E-state index in [2.05, 4.69) is 33.0 Å². The van der Waals surface area contributed by atoms with E-state index in [1.54, 1.807) is 48.1 Å². The largest absolute Gasteiger partial charge is 0.497 e. The fourth-order valence-corrected chi connectivity index (χ4v) is 3.86. The van der Waals surface area contributed by atoms with Crippen molar-refractivity contribution in [2.24, 2.45) is 0 Å². The van der Waals surface area contributed by atoms with Gasteiger partial charge in [-0.3, -0.25) is 9.59 Å². The standard InChI is InChI=1S/C29H38N4O4/c1-7-8-9-17-32(28(35)21-11-10-12-24(18-21)37-6)20-27(34)30-26-19-25(29(2,3)4)31-33(26)22-13-15-23(36-5)16-14-22/h10-16,18-19H,7-9,17,20H2,1-6H3,(H,30,34). The van der Waals surface area contributed by atoms with Crippen molar-refractivity contribution in [2.45, 2.75) is 52.4 Å². The summed E-state index contributed by atoms with van der Waals surface area (Å²) in [4.78, 5) is 28.2. The summed E-state index contributed by atoms with van der Waals surface area (Å²) in [6, 6.07) is 16.4. The second-order valence-corrected chi connectivity index (χ2v) is 9.99. The lowest BCUT2D eigenvalue weighted by atomic mass is 9.92. The van der Waals surface area contributed by atoms with Gasteiger partial charge in [0, 0.05) is 23.6 Å². The summed E-state index contributed by atoms with van der Waals surface area (Å²) in [5.74, 6) is 1.38. The molecule has 8 heteroatoms. The van der Waals surface area contributed by atoms with Crippen molar-refractivity contribution < 1.29 is 19.1 Å². The van der Waals surface area contributed by atoms with Gasteiger partial charge in [-0.15, -0.1) is 0 Å². The van der Waals surface area contributed by atoms with Gasteiger partial charge < -0.3 is 19.7 Å². The van der Waals surface area contributed by atoms with Crippen LogP contribution in [-0.2, 0) is 10.2 Å². The third-order valence-electron chi connectivity index (χ3n) is 6.03. The maximum absolute atomic E-state index is 13.3. The van der Waals surface area contributed by atoms with Crippen LogP contribution in [0, 0.1) is 0 Å². The van der Waals surface area contributed by atoms with Gasteiger partial charge in [-0.2, -0.15) is 5.10 Å². The zero-order chi connectivity index (χ0) is 27.0. The monoisotopic (exact) mass is 506 g/mol. The maximum atomic E-state index is 13.3. The number of methoxy groups -OCH3 is 2. The molecule has 2 aromatic carbocycles. The van der Waals surface area contributed by atoms with Gasteiger partial charge in [0.1, 0.15) is 23.9 Å². The molecule has 8 nitrogen and oxygen atoms in total. The van der Waals surface area contributed by atoms with Crippen LogP contribution >= 0.6 is 0 Å². The molecular formula is C29H38N4O4. The summed E-state index contributed by atoms with van der Waals surface area (Å²) in [5.41, 5.74) is 1.90. The highest BCUT2D eigenvalue weighted by atomic mass is 16.5. The van der Waals surface area contributed by atoms with Crippen molar-refractivity contribution in [1.82, 2.24) is 14.7 Å². The number of carbonyl (C=O) groups is 2. The van der Waals surface area contributed by atoms with Crippen LogP contribution in [0.4, 0.5) is 5.82 Å². The van der Waals surface area contributed by atoms with Gasteiger partial charge in [0.2, 0.25) is 5.91 Å². The molecule has 0 saturated carbocycles. The Labute approximate surface area is 219 Å². The highest BCUT2D eigenvalue weighted by Crippen LogP contribution is 2.27. The Morgan fingerprint density at radius 2 is 1.68 bits per heavy atom. The van der Waals surface area contributed by atoms with E-state index in [0.29, 0.717) is 23.7 Å². The Bertz CT molecular complexity index is 1200. The number of hydrogen-bond acceptors (Lipinski definition) is 5. The second-order valence-electron chi connectivity index (χ2n) is 9.99. The smallest absolute Gasteiger partial charge is 0.254 e. The van der Waals surface area contributed by atoms with E-state index in [-0.39, 0.29) is 23.8 Å². The van der Waals surface area contributed by atoms with Crippen molar-refractivity contribution in [1.29, 1.82) is 0 Å². The van der Waals surface area contributed by atoms with Crippen LogP contribution in [0.25, 0.3) is 5.69 Å². The number of unbranched alkanes of at least 4 members (excludes halogenated alkanes) is 2. The van der Waals surface area contributed by atoms with E-state index >= 15 is 0 Å². The van der Waals surface area contributed by atoms with Gasteiger partial charge >= 0.3 is 0 Å². The molecule has 0 saturated heterocycles. The Kier molecular flexibility index (Phi) is 9.33. The van der Waals surface area contributed by atoms with Gasteiger partial charge in [0.25, 0.3) is 5.91 Å². The van der Waals surface area contributed by atoms with Crippen molar-refractivity contribution in [3.63, 3.8) is 0 Å². The van der Waals surface area contributed by atoms with E-state index in [1.165, 1.54) is 0 Å². The van der Waals surface area contributed by atoms with Crippen LogP contribution < -0.4 is 14.8 Å². The topological polar surface area (TPSA) is 85.7 Å². The lowest BCUT2D eigenvalue weighted by molar-refractivity contribution is -0.117. The molecule has 1 heterocycles. The van der Waals surface area contributed by atoms with E-state index in [0.717, 1.165) is 36.4 Å². The molecule has 0 fully saturated rings. The summed E-state index contributed by atoms with van der Waals surface area (Å²) in [7, 11) is 3.18. The third kappa shape index (κ3) is 7.35. The summed E-state index contributed by atoms with van der Waals surface area (Å²) in [6.07, 6.45) is 2.81. The minimum Gasteiger partial charge on any atom is -0.497 e. The third-order valence-corrected chi connectivity index (χ3v) is 6.03. The average Bonchev–Trinajstić information content (AvgIpc) is 3.32. The molecule has 0 aliphatic heterocycles. The lowest BCUT2D eigenvalue weighted by Gasteiger charge is -2.22. The molecule has 1 N–H and O–H groups in total. The average molecular weight is 507 g/mol. The molecule has 0 aliphatic rings. The number of benzene rings is 2. The number of carbonyl (C=O) groups excluding carboxylic acids is 2. The molecule has 0 bridgehead atoms. The number of hydrogen-bond donors (Lipinski definition) is 1. The number of aromatic nitrogens is 2. The van der Waals surface area contributed by atoms with Crippen LogP contribution in [0.15, 0.2) is 54.6 Å². The number of rotatable bonds is 11. The number of ether oxygens (including phenoxy) is 2. The first-order valence-corrected chi connectivity index (χ1v) is 12.6. The number of nitrogens with zero attached hydrogens (tertiary/aromatic N) is 3. The molecule has 3 aromatic rings. The number of nitrogens with one attached hydrogen (secondary N) is 1. The second kappa shape index (κ2) is 12.4. The highest BCUT2D eigenvalue weighted by molar-refractivity contribution is 5.99. The van der Waals surface area contributed by atoms with Gasteiger partial charge in [-0.1, -0.05) is 46.6 Å². The Balaban J connectivity index is 1.85. The lowest BCUT2D eigenvalue weighted by Crippen LogP contribution is -2.39. The van der Waals surface area contributed by atoms with Gasteiger partial charge in [-0.05, 0) is 48.9 Å². The van der Waals surface area contributed by atoms with Crippen LogP contribution in [0.2, 0.25) is 0 Å². The maximum Gasteiger partial charge on any atom is 0.254 e. The fourth-order valence-electron chi connectivity index (χ4n) is 3.86. The molecular weight excluding hydrogens is 468 g/mol. The highest BCUT2D eigenvalue weighted by Gasteiger charge is 2.24. The minimum atomic E-state index is -0.289. The summed E-state index contributed by atoms with van der Waals surface area (Å²) in [5, 5.41) is 7.76. The van der Waals surface area contributed by atoms with Gasteiger partial charge in [-0.25, -0.2) is 4.68 Å². The predicted octanol–water partition coefficient (Wildman–Crippen LogP) is 5.46. The molecule has 0 unspecified atom stereocenters. The van der Waals surface area contributed by atoms with Crippen LogP contribution in [0.3, 0.4) is 0 Å². The Hall–Kier alpha value is -3.81. The van der Waals surface area contributed by atoms with Crippen molar-refractivity contribution in [2.75, 3.05) is 32.6 Å². The quantitative estimate of drug-likeness (QED) is 0.349. The Morgan fingerprint density at radius 3 is 2.30 bits per heavy atom. The van der Waals surface area contributed by atoms with E-state index in [4.69, 9.17) is 14.6 Å². The molecule has 1 aromatic heterocycles. The van der Waals surface area contributed by atoms with Crippen LogP contribution in [0.1, 0.15) is 63.0 Å². The molecule has 0 radical (unpaired) electrons. The molecule has 3 rings (SSSR count). The Morgan fingerprint density at radius 1 is 0.973 bits per heavy atom. The molecule has 2 amide bonds. The first kappa shape index (κ1) is 27.8. The molecule has 0 atom stereocenters. The van der Waals surface area contributed by atoms with Gasteiger partial charge in [0.05, 0.1) is 25.6 Å². The molecule has 198 valence electrons. The first-order chi connectivity index (χ1) is 17.7.